The highest BCUT2D eigenvalue weighted by Crippen LogP contribution is 2.39. The summed E-state index contributed by atoms with van der Waals surface area (Å²) in [5.74, 6) is -0.181. The molecule has 5 heteroatoms. The highest BCUT2D eigenvalue weighted by atomic mass is 35.5. The number of nitrogens with zero attached hydrogens (tertiary/aromatic N) is 2. The fourth-order valence-corrected chi connectivity index (χ4v) is 3.20. The standard InChI is InChI=1S/C14H15ClN2O2/c1-19-13(18)14(5-2-3-6-14)17-7-4-10-8-11(15)9-16-12(10)17/h4,7-9H,2-3,5-6H2,1H3. The Kier molecular flexibility index (Phi) is 2.97. The zero-order chi connectivity index (χ0) is 13.5. The lowest BCUT2D eigenvalue weighted by Gasteiger charge is -2.28. The van der Waals surface area contributed by atoms with Crippen molar-refractivity contribution in [2.24, 2.45) is 0 Å². The lowest BCUT2D eigenvalue weighted by atomic mass is 9.97. The molecular weight excluding hydrogens is 264 g/mol. The Hall–Kier alpha value is -1.55. The van der Waals surface area contributed by atoms with E-state index in [1.807, 2.05) is 22.9 Å². The Morgan fingerprint density at radius 2 is 2.21 bits per heavy atom. The van der Waals surface area contributed by atoms with Crippen LogP contribution in [0.4, 0.5) is 0 Å². The number of rotatable bonds is 2. The second-order valence-corrected chi connectivity index (χ2v) is 5.42. The molecule has 1 aliphatic carbocycles. The van der Waals surface area contributed by atoms with Gasteiger partial charge in [-0.3, -0.25) is 0 Å². The fraction of sp³-hybridized carbons (Fsp3) is 0.429. The summed E-state index contributed by atoms with van der Waals surface area (Å²) in [6, 6.07) is 3.80. The molecule has 0 amide bonds. The lowest BCUT2D eigenvalue weighted by molar-refractivity contribution is -0.150. The van der Waals surface area contributed by atoms with Gasteiger partial charge in [0.25, 0.3) is 0 Å². The molecule has 0 saturated heterocycles. The van der Waals surface area contributed by atoms with E-state index < -0.39 is 5.54 Å². The van der Waals surface area contributed by atoms with Crippen molar-refractivity contribution >= 4 is 28.6 Å². The SMILES string of the molecule is COC(=O)C1(n2ccc3cc(Cl)cnc32)CCCC1. The molecule has 4 nitrogen and oxygen atoms in total. The Balaban J connectivity index is 2.18. The number of fused-ring (bicyclic) bond motifs is 1. The van der Waals surface area contributed by atoms with Gasteiger partial charge in [-0.2, -0.15) is 0 Å². The number of pyridine rings is 1. The van der Waals surface area contributed by atoms with Crippen molar-refractivity contribution in [3.05, 3.63) is 29.5 Å². The van der Waals surface area contributed by atoms with E-state index in [-0.39, 0.29) is 5.97 Å². The molecule has 0 aliphatic heterocycles. The summed E-state index contributed by atoms with van der Waals surface area (Å²) in [6.45, 7) is 0. The minimum Gasteiger partial charge on any atom is -0.467 e. The summed E-state index contributed by atoms with van der Waals surface area (Å²) in [5, 5.41) is 1.55. The quantitative estimate of drug-likeness (QED) is 0.793. The van der Waals surface area contributed by atoms with Crippen molar-refractivity contribution < 1.29 is 9.53 Å². The third-order valence-corrected chi connectivity index (χ3v) is 4.16. The van der Waals surface area contributed by atoms with Crippen LogP contribution in [0.2, 0.25) is 5.02 Å². The van der Waals surface area contributed by atoms with Crippen LogP contribution in [0.5, 0.6) is 0 Å². The number of carbonyl (C=O) groups is 1. The van der Waals surface area contributed by atoms with E-state index in [1.54, 1.807) is 6.20 Å². The monoisotopic (exact) mass is 278 g/mol. The van der Waals surface area contributed by atoms with Gasteiger partial charge < -0.3 is 9.30 Å². The molecule has 3 rings (SSSR count). The molecule has 2 heterocycles. The zero-order valence-corrected chi connectivity index (χ0v) is 11.5. The van der Waals surface area contributed by atoms with Gasteiger partial charge in [0.2, 0.25) is 0 Å². The van der Waals surface area contributed by atoms with E-state index >= 15 is 0 Å². The summed E-state index contributed by atoms with van der Waals surface area (Å²) < 4.78 is 6.98. The Morgan fingerprint density at radius 1 is 1.47 bits per heavy atom. The Labute approximate surface area is 116 Å². The fourth-order valence-electron chi connectivity index (χ4n) is 3.04. The number of carbonyl (C=O) groups excluding carboxylic acids is 1. The highest BCUT2D eigenvalue weighted by Gasteiger charge is 2.44. The van der Waals surface area contributed by atoms with E-state index in [9.17, 15) is 4.79 Å². The molecule has 19 heavy (non-hydrogen) atoms. The number of hydrogen-bond donors (Lipinski definition) is 0. The molecular formula is C14H15ClN2O2. The van der Waals surface area contributed by atoms with Gasteiger partial charge in [-0.15, -0.1) is 0 Å². The first kappa shape index (κ1) is 12.5. The van der Waals surface area contributed by atoms with Crippen LogP contribution in [0.1, 0.15) is 25.7 Å². The second-order valence-electron chi connectivity index (χ2n) is 4.98. The van der Waals surface area contributed by atoms with Crippen LogP contribution in [0.25, 0.3) is 11.0 Å². The number of methoxy groups -OCH3 is 1. The van der Waals surface area contributed by atoms with Gasteiger partial charge in [-0.1, -0.05) is 24.4 Å². The maximum Gasteiger partial charge on any atom is 0.332 e. The number of hydrogen-bond acceptors (Lipinski definition) is 3. The molecule has 0 aromatic carbocycles. The first-order valence-corrected chi connectivity index (χ1v) is 6.77. The smallest absolute Gasteiger partial charge is 0.332 e. The maximum atomic E-state index is 12.2. The van der Waals surface area contributed by atoms with Crippen molar-refractivity contribution in [2.45, 2.75) is 31.2 Å². The van der Waals surface area contributed by atoms with Crippen molar-refractivity contribution in [3.63, 3.8) is 0 Å². The van der Waals surface area contributed by atoms with Crippen LogP contribution in [-0.4, -0.2) is 22.6 Å². The number of halogens is 1. The van der Waals surface area contributed by atoms with E-state index in [0.29, 0.717) is 5.02 Å². The van der Waals surface area contributed by atoms with Crippen molar-refractivity contribution in [2.75, 3.05) is 7.11 Å². The maximum absolute atomic E-state index is 12.2. The molecule has 0 atom stereocenters. The molecule has 0 radical (unpaired) electrons. The van der Waals surface area contributed by atoms with Crippen LogP contribution in [0, 0.1) is 0 Å². The van der Waals surface area contributed by atoms with Gasteiger partial charge in [-0.05, 0) is 25.0 Å². The van der Waals surface area contributed by atoms with Crippen molar-refractivity contribution in [1.82, 2.24) is 9.55 Å². The van der Waals surface area contributed by atoms with Gasteiger partial charge >= 0.3 is 5.97 Å². The van der Waals surface area contributed by atoms with Gasteiger partial charge in [0.15, 0.2) is 0 Å². The Morgan fingerprint density at radius 3 is 2.89 bits per heavy atom. The zero-order valence-electron chi connectivity index (χ0n) is 10.7. The molecule has 0 spiro atoms. The minimum absolute atomic E-state index is 0.181. The normalized spacial score (nSPS) is 17.8. The average molecular weight is 279 g/mol. The molecule has 0 bridgehead atoms. The third kappa shape index (κ3) is 1.82. The largest absolute Gasteiger partial charge is 0.467 e. The topological polar surface area (TPSA) is 44.1 Å². The molecule has 0 N–H and O–H groups in total. The molecule has 1 saturated carbocycles. The summed E-state index contributed by atoms with van der Waals surface area (Å²) in [6.07, 6.45) is 7.18. The summed E-state index contributed by atoms with van der Waals surface area (Å²) in [7, 11) is 1.44. The summed E-state index contributed by atoms with van der Waals surface area (Å²) in [4.78, 5) is 16.6. The average Bonchev–Trinajstić information content (AvgIpc) is 3.03. The summed E-state index contributed by atoms with van der Waals surface area (Å²) >= 11 is 5.95. The second kappa shape index (κ2) is 4.53. The highest BCUT2D eigenvalue weighted by molar-refractivity contribution is 6.31. The summed E-state index contributed by atoms with van der Waals surface area (Å²) in [5.41, 5.74) is 0.189. The number of esters is 1. The first-order chi connectivity index (χ1) is 9.17. The van der Waals surface area contributed by atoms with Crippen molar-refractivity contribution in [1.29, 1.82) is 0 Å². The Bertz CT molecular complexity index is 629. The van der Waals surface area contributed by atoms with Gasteiger partial charge in [0.1, 0.15) is 11.2 Å². The molecule has 100 valence electrons. The predicted molar refractivity (Wildman–Crippen MR) is 73.2 cm³/mol. The van der Waals surface area contributed by atoms with E-state index in [4.69, 9.17) is 16.3 Å². The number of aromatic nitrogens is 2. The van der Waals surface area contributed by atoms with Gasteiger partial charge in [0, 0.05) is 17.8 Å². The van der Waals surface area contributed by atoms with Crippen LogP contribution in [-0.2, 0) is 15.1 Å². The van der Waals surface area contributed by atoms with Crippen LogP contribution in [0.3, 0.4) is 0 Å². The molecule has 2 aromatic heterocycles. The predicted octanol–water partition coefficient (Wildman–Crippen LogP) is 3.13. The third-order valence-electron chi connectivity index (χ3n) is 3.95. The molecule has 0 unspecified atom stereocenters. The first-order valence-electron chi connectivity index (χ1n) is 6.39. The lowest BCUT2D eigenvalue weighted by Crippen LogP contribution is -2.40. The van der Waals surface area contributed by atoms with E-state index in [2.05, 4.69) is 4.98 Å². The van der Waals surface area contributed by atoms with Crippen LogP contribution < -0.4 is 0 Å². The van der Waals surface area contributed by atoms with E-state index in [1.165, 1.54) is 7.11 Å². The van der Waals surface area contributed by atoms with Gasteiger partial charge in [-0.25, -0.2) is 9.78 Å². The van der Waals surface area contributed by atoms with Gasteiger partial charge in [0.05, 0.1) is 12.1 Å². The van der Waals surface area contributed by atoms with E-state index in [0.717, 1.165) is 36.7 Å². The van der Waals surface area contributed by atoms with Crippen molar-refractivity contribution in [3.8, 4) is 0 Å². The minimum atomic E-state index is -0.600. The molecule has 1 fully saturated rings. The van der Waals surface area contributed by atoms with Crippen LogP contribution >= 0.6 is 11.6 Å². The number of ether oxygens (including phenoxy) is 1. The molecule has 2 aromatic rings. The molecule has 1 aliphatic rings. The van der Waals surface area contributed by atoms with Crippen LogP contribution in [0.15, 0.2) is 24.5 Å².